The molecule has 0 saturated heterocycles. The van der Waals surface area contributed by atoms with Crippen LogP contribution in [0.3, 0.4) is 0 Å². The maximum absolute atomic E-state index is 6.53. The molecular weight excluding hydrogens is 272 g/mol. The van der Waals surface area contributed by atoms with E-state index in [0.29, 0.717) is 0 Å². The van der Waals surface area contributed by atoms with E-state index < -0.39 is 9.04 Å². The van der Waals surface area contributed by atoms with Crippen LogP contribution in [0.1, 0.15) is 26.2 Å². The lowest BCUT2D eigenvalue weighted by molar-refractivity contribution is 0.358. The first-order valence-corrected chi connectivity index (χ1v) is 9.41. The van der Waals surface area contributed by atoms with Crippen LogP contribution < -0.4 is 10.4 Å². The fourth-order valence-electron chi connectivity index (χ4n) is 2.89. The normalized spacial score (nSPS) is 18.4. The maximum atomic E-state index is 6.53. The Morgan fingerprint density at radius 2 is 1.48 bits per heavy atom. The molecular formula is C19H22OSi. The summed E-state index contributed by atoms with van der Waals surface area (Å²) in [6, 6.07) is 21.4. The molecule has 3 rings (SSSR count). The first-order valence-electron chi connectivity index (χ1n) is 7.78. The molecule has 0 N–H and O–H groups in total. The highest BCUT2D eigenvalue weighted by Gasteiger charge is 2.22. The van der Waals surface area contributed by atoms with Crippen molar-refractivity contribution in [2.24, 2.45) is 5.92 Å². The van der Waals surface area contributed by atoms with Gasteiger partial charge in [0.15, 0.2) is 0 Å². The van der Waals surface area contributed by atoms with Gasteiger partial charge >= 0.3 is 0 Å². The predicted molar refractivity (Wildman–Crippen MR) is 91.5 cm³/mol. The van der Waals surface area contributed by atoms with Crippen molar-refractivity contribution < 1.29 is 4.43 Å². The minimum Gasteiger partial charge on any atom is -0.541 e. The molecule has 0 fully saturated rings. The van der Waals surface area contributed by atoms with Crippen LogP contribution in [0.15, 0.2) is 72.5 Å². The molecule has 0 radical (unpaired) electrons. The van der Waals surface area contributed by atoms with E-state index in [4.69, 9.17) is 4.43 Å². The molecule has 1 aliphatic carbocycles. The molecule has 1 nitrogen and oxygen atoms in total. The summed E-state index contributed by atoms with van der Waals surface area (Å²) in [5.74, 6) is 1.95. The lowest BCUT2D eigenvalue weighted by atomic mass is 9.95. The Labute approximate surface area is 129 Å². The first-order chi connectivity index (χ1) is 10.3. The molecule has 2 heteroatoms. The SMILES string of the molecule is CC1CCC=C(O[SiH](c2ccccc2)c2ccccc2)C1. The highest BCUT2D eigenvalue weighted by Crippen LogP contribution is 2.24. The van der Waals surface area contributed by atoms with Gasteiger partial charge < -0.3 is 4.43 Å². The van der Waals surface area contributed by atoms with Gasteiger partial charge in [-0.1, -0.05) is 67.6 Å². The van der Waals surface area contributed by atoms with Gasteiger partial charge in [0, 0.05) is 6.42 Å². The zero-order valence-corrected chi connectivity index (χ0v) is 13.7. The van der Waals surface area contributed by atoms with E-state index in [1.807, 2.05) is 0 Å². The third kappa shape index (κ3) is 3.64. The smallest absolute Gasteiger partial charge is 0.298 e. The highest BCUT2D eigenvalue weighted by atomic mass is 28.3. The molecule has 108 valence electrons. The summed E-state index contributed by atoms with van der Waals surface area (Å²) in [4.78, 5) is 0. The predicted octanol–water partition coefficient (Wildman–Crippen LogP) is 3.25. The van der Waals surface area contributed by atoms with Crippen molar-refractivity contribution in [1.29, 1.82) is 0 Å². The summed E-state index contributed by atoms with van der Waals surface area (Å²) in [7, 11) is -1.62. The molecule has 2 aromatic carbocycles. The van der Waals surface area contributed by atoms with E-state index >= 15 is 0 Å². The second kappa shape index (κ2) is 6.77. The van der Waals surface area contributed by atoms with Gasteiger partial charge in [-0.3, -0.25) is 0 Å². The molecule has 1 unspecified atom stereocenters. The van der Waals surface area contributed by atoms with E-state index in [1.54, 1.807) is 0 Å². The van der Waals surface area contributed by atoms with E-state index in [9.17, 15) is 0 Å². The molecule has 1 aliphatic rings. The molecule has 0 aromatic heterocycles. The fraction of sp³-hybridized carbons (Fsp3) is 0.263. The second-order valence-electron chi connectivity index (χ2n) is 5.88. The van der Waals surface area contributed by atoms with Gasteiger partial charge in [-0.05, 0) is 35.2 Å². The quantitative estimate of drug-likeness (QED) is 0.787. The van der Waals surface area contributed by atoms with E-state index in [1.165, 1.54) is 22.6 Å². The molecule has 21 heavy (non-hydrogen) atoms. The van der Waals surface area contributed by atoms with Crippen molar-refractivity contribution in [3.63, 3.8) is 0 Å². The van der Waals surface area contributed by atoms with E-state index in [2.05, 4.69) is 73.7 Å². The average molecular weight is 294 g/mol. The zero-order chi connectivity index (χ0) is 14.5. The Kier molecular flexibility index (Phi) is 4.56. The van der Waals surface area contributed by atoms with Crippen molar-refractivity contribution in [2.45, 2.75) is 26.2 Å². The monoisotopic (exact) mass is 294 g/mol. The molecule has 0 bridgehead atoms. The maximum Gasteiger partial charge on any atom is 0.298 e. The Bertz CT molecular complexity index is 552. The highest BCUT2D eigenvalue weighted by molar-refractivity contribution is 6.80. The molecule has 0 spiro atoms. The summed E-state index contributed by atoms with van der Waals surface area (Å²) in [6.45, 7) is 2.32. The van der Waals surface area contributed by atoms with Crippen molar-refractivity contribution in [3.8, 4) is 0 Å². The van der Waals surface area contributed by atoms with Gasteiger partial charge in [0.1, 0.15) is 0 Å². The van der Waals surface area contributed by atoms with Crippen LogP contribution in [0.5, 0.6) is 0 Å². The third-order valence-corrected chi connectivity index (χ3v) is 6.57. The van der Waals surface area contributed by atoms with Crippen LogP contribution in [0, 0.1) is 5.92 Å². The average Bonchev–Trinajstić information content (AvgIpc) is 2.54. The fourth-order valence-corrected chi connectivity index (χ4v) is 5.19. The molecule has 1 atom stereocenters. The van der Waals surface area contributed by atoms with Gasteiger partial charge in [0.05, 0.1) is 5.76 Å². The number of hydrogen-bond acceptors (Lipinski definition) is 1. The van der Waals surface area contributed by atoms with E-state index in [0.717, 1.165) is 18.8 Å². The van der Waals surface area contributed by atoms with Crippen LogP contribution in [-0.2, 0) is 4.43 Å². The Balaban J connectivity index is 1.88. The topological polar surface area (TPSA) is 9.23 Å². The number of benzene rings is 2. The lowest BCUT2D eigenvalue weighted by Crippen LogP contribution is -2.44. The summed E-state index contributed by atoms with van der Waals surface area (Å²) < 4.78 is 6.53. The largest absolute Gasteiger partial charge is 0.541 e. The molecule has 0 heterocycles. The van der Waals surface area contributed by atoms with Gasteiger partial charge in [-0.2, -0.15) is 0 Å². The van der Waals surface area contributed by atoms with Crippen LogP contribution >= 0.6 is 0 Å². The molecule has 0 amide bonds. The Morgan fingerprint density at radius 1 is 0.905 bits per heavy atom. The first kappa shape index (κ1) is 14.1. The summed E-state index contributed by atoms with van der Waals surface area (Å²) in [5.41, 5.74) is 0. The lowest BCUT2D eigenvalue weighted by Gasteiger charge is -2.25. The van der Waals surface area contributed by atoms with Crippen LogP contribution in [0.4, 0.5) is 0 Å². The Hall–Kier alpha value is -1.80. The number of allylic oxidation sites excluding steroid dienone is 2. The third-order valence-electron chi connectivity index (χ3n) is 4.05. The van der Waals surface area contributed by atoms with Crippen molar-refractivity contribution >= 4 is 19.4 Å². The standard InChI is InChI=1S/C19H22OSi/c1-16-9-8-10-17(15-16)20-21(18-11-4-2-5-12-18)19-13-6-3-7-14-19/h2-7,10-14,16,21H,8-9,15H2,1H3. The molecule has 2 aromatic rings. The summed E-state index contributed by atoms with van der Waals surface area (Å²) in [6.07, 6.45) is 5.83. The number of rotatable bonds is 4. The molecule has 0 saturated carbocycles. The van der Waals surface area contributed by atoms with Crippen LogP contribution in [0.2, 0.25) is 0 Å². The number of hydrogen-bond donors (Lipinski definition) is 0. The van der Waals surface area contributed by atoms with Crippen molar-refractivity contribution in [3.05, 3.63) is 72.5 Å². The van der Waals surface area contributed by atoms with Crippen LogP contribution in [-0.4, -0.2) is 9.04 Å². The zero-order valence-electron chi connectivity index (χ0n) is 12.5. The minimum atomic E-state index is -1.62. The summed E-state index contributed by atoms with van der Waals surface area (Å²) >= 11 is 0. The summed E-state index contributed by atoms with van der Waals surface area (Å²) in [5, 5.41) is 2.70. The van der Waals surface area contributed by atoms with E-state index in [-0.39, 0.29) is 0 Å². The Morgan fingerprint density at radius 3 is 2.00 bits per heavy atom. The van der Waals surface area contributed by atoms with Gasteiger partial charge in [0.2, 0.25) is 0 Å². The molecule has 0 aliphatic heterocycles. The van der Waals surface area contributed by atoms with Gasteiger partial charge in [-0.25, -0.2) is 0 Å². The van der Waals surface area contributed by atoms with Crippen molar-refractivity contribution in [1.82, 2.24) is 0 Å². The van der Waals surface area contributed by atoms with Crippen molar-refractivity contribution in [2.75, 3.05) is 0 Å². The van der Waals surface area contributed by atoms with Gasteiger partial charge in [0.25, 0.3) is 9.04 Å². The van der Waals surface area contributed by atoms with Gasteiger partial charge in [-0.15, -0.1) is 0 Å². The second-order valence-corrected chi connectivity index (χ2v) is 8.21. The van der Waals surface area contributed by atoms with Crippen LogP contribution in [0.25, 0.3) is 0 Å². The minimum absolute atomic E-state index is 0.742.